The predicted molar refractivity (Wildman–Crippen MR) is 68.0 cm³/mol. The fourth-order valence-corrected chi connectivity index (χ4v) is 2.57. The standard InChI is InChI=1S/C14H24O4/c1-3-4-5-11-6-13(16)7-12(11)8-14(17)18-10(2)9-15/h10-12,15H,3-9H2,1-2H3. The van der Waals surface area contributed by atoms with Crippen molar-refractivity contribution in [3.05, 3.63) is 0 Å². The van der Waals surface area contributed by atoms with E-state index in [0.29, 0.717) is 25.2 Å². The minimum Gasteiger partial charge on any atom is -0.460 e. The van der Waals surface area contributed by atoms with E-state index in [-0.39, 0.29) is 24.3 Å². The summed E-state index contributed by atoms with van der Waals surface area (Å²) < 4.78 is 5.05. The van der Waals surface area contributed by atoms with Crippen molar-refractivity contribution in [2.45, 2.75) is 58.5 Å². The molecule has 4 heteroatoms. The number of hydrogen-bond donors (Lipinski definition) is 1. The fourth-order valence-electron chi connectivity index (χ4n) is 2.57. The van der Waals surface area contributed by atoms with E-state index in [1.807, 2.05) is 0 Å². The lowest BCUT2D eigenvalue weighted by Gasteiger charge is -2.18. The number of aliphatic hydroxyl groups excluding tert-OH is 1. The van der Waals surface area contributed by atoms with E-state index < -0.39 is 6.10 Å². The van der Waals surface area contributed by atoms with Crippen LogP contribution in [0.3, 0.4) is 0 Å². The Balaban J connectivity index is 2.42. The number of aliphatic hydroxyl groups is 1. The Labute approximate surface area is 109 Å². The first kappa shape index (κ1) is 15.2. The Morgan fingerprint density at radius 3 is 2.72 bits per heavy atom. The Morgan fingerprint density at radius 2 is 2.11 bits per heavy atom. The summed E-state index contributed by atoms with van der Waals surface area (Å²) in [5.74, 6) is 0.457. The van der Waals surface area contributed by atoms with Crippen molar-refractivity contribution in [1.82, 2.24) is 0 Å². The van der Waals surface area contributed by atoms with E-state index in [9.17, 15) is 9.59 Å². The summed E-state index contributed by atoms with van der Waals surface area (Å²) in [6, 6.07) is 0. The van der Waals surface area contributed by atoms with Crippen molar-refractivity contribution in [2.75, 3.05) is 6.61 Å². The van der Waals surface area contributed by atoms with Gasteiger partial charge in [-0.15, -0.1) is 0 Å². The zero-order chi connectivity index (χ0) is 13.5. The zero-order valence-corrected chi connectivity index (χ0v) is 11.4. The molecular formula is C14H24O4. The van der Waals surface area contributed by atoms with Crippen LogP contribution in [0.2, 0.25) is 0 Å². The summed E-state index contributed by atoms with van der Waals surface area (Å²) in [5.41, 5.74) is 0. The van der Waals surface area contributed by atoms with Crippen molar-refractivity contribution >= 4 is 11.8 Å². The van der Waals surface area contributed by atoms with Gasteiger partial charge in [0.25, 0.3) is 0 Å². The van der Waals surface area contributed by atoms with Gasteiger partial charge in [-0.05, 0) is 25.2 Å². The molecule has 0 aromatic heterocycles. The van der Waals surface area contributed by atoms with Gasteiger partial charge in [0, 0.05) is 19.3 Å². The van der Waals surface area contributed by atoms with E-state index in [1.165, 1.54) is 0 Å². The maximum atomic E-state index is 11.6. The molecule has 4 nitrogen and oxygen atoms in total. The maximum Gasteiger partial charge on any atom is 0.306 e. The first-order chi connectivity index (χ1) is 8.56. The molecule has 0 saturated heterocycles. The number of rotatable bonds is 7. The first-order valence-corrected chi connectivity index (χ1v) is 6.88. The molecule has 0 aromatic carbocycles. The molecule has 1 aliphatic rings. The highest BCUT2D eigenvalue weighted by molar-refractivity contribution is 5.82. The second-order valence-corrected chi connectivity index (χ2v) is 5.30. The van der Waals surface area contributed by atoms with Gasteiger partial charge in [-0.2, -0.15) is 0 Å². The lowest BCUT2D eigenvalue weighted by atomic mass is 9.89. The highest BCUT2D eigenvalue weighted by Gasteiger charge is 2.34. The van der Waals surface area contributed by atoms with E-state index >= 15 is 0 Å². The summed E-state index contributed by atoms with van der Waals surface area (Å²) in [6.07, 6.45) is 4.23. The third kappa shape index (κ3) is 4.77. The minimum absolute atomic E-state index is 0.141. The average molecular weight is 256 g/mol. The maximum absolute atomic E-state index is 11.6. The second kappa shape index (κ2) is 7.52. The molecule has 0 aliphatic heterocycles. The monoisotopic (exact) mass is 256 g/mol. The van der Waals surface area contributed by atoms with Crippen molar-refractivity contribution in [1.29, 1.82) is 0 Å². The van der Waals surface area contributed by atoms with Gasteiger partial charge in [0.05, 0.1) is 6.61 Å². The molecule has 1 rings (SSSR count). The van der Waals surface area contributed by atoms with Gasteiger partial charge >= 0.3 is 5.97 Å². The highest BCUT2D eigenvalue weighted by atomic mass is 16.5. The molecule has 1 aliphatic carbocycles. The third-order valence-corrected chi connectivity index (χ3v) is 3.59. The Bertz CT molecular complexity index is 288. The van der Waals surface area contributed by atoms with Crippen LogP contribution in [-0.2, 0) is 14.3 Å². The summed E-state index contributed by atoms with van der Waals surface area (Å²) in [5, 5.41) is 8.82. The van der Waals surface area contributed by atoms with Gasteiger partial charge in [-0.3, -0.25) is 9.59 Å². The van der Waals surface area contributed by atoms with Gasteiger partial charge in [0.2, 0.25) is 0 Å². The molecular weight excluding hydrogens is 232 g/mol. The molecule has 3 unspecified atom stereocenters. The third-order valence-electron chi connectivity index (χ3n) is 3.59. The van der Waals surface area contributed by atoms with Crippen LogP contribution < -0.4 is 0 Å². The van der Waals surface area contributed by atoms with Gasteiger partial charge in [0.1, 0.15) is 11.9 Å². The molecule has 0 spiro atoms. The summed E-state index contributed by atoms with van der Waals surface area (Å²) in [4.78, 5) is 23.1. The van der Waals surface area contributed by atoms with E-state index in [4.69, 9.17) is 9.84 Å². The summed E-state index contributed by atoms with van der Waals surface area (Å²) >= 11 is 0. The molecule has 0 radical (unpaired) electrons. The van der Waals surface area contributed by atoms with Gasteiger partial charge in [-0.1, -0.05) is 19.8 Å². The molecule has 0 aromatic rings. The smallest absolute Gasteiger partial charge is 0.306 e. The Hall–Kier alpha value is -0.900. The highest BCUT2D eigenvalue weighted by Crippen LogP contribution is 2.35. The van der Waals surface area contributed by atoms with Crippen molar-refractivity contribution in [3.63, 3.8) is 0 Å². The topological polar surface area (TPSA) is 63.6 Å². The number of esters is 1. The number of Topliss-reactive ketones (excluding diaryl/α,β-unsaturated/α-hetero) is 1. The molecule has 3 atom stereocenters. The Kier molecular flexibility index (Phi) is 6.33. The number of ketones is 1. The van der Waals surface area contributed by atoms with Crippen LogP contribution in [0.4, 0.5) is 0 Å². The molecule has 18 heavy (non-hydrogen) atoms. The predicted octanol–water partition coefficient (Wildman–Crippen LogP) is 2.09. The summed E-state index contributed by atoms with van der Waals surface area (Å²) in [7, 11) is 0. The van der Waals surface area contributed by atoms with E-state index in [0.717, 1.165) is 19.3 Å². The molecule has 1 fully saturated rings. The number of carbonyl (C=O) groups excluding carboxylic acids is 2. The van der Waals surface area contributed by atoms with Crippen LogP contribution >= 0.6 is 0 Å². The lowest BCUT2D eigenvalue weighted by molar-refractivity contribution is -0.151. The van der Waals surface area contributed by atoms with Crippen LogP contribution in [-0.4, -0.2) is 29.6 Å². The summed E-state index contributed by atoms with van der Waals surface area (Å²) in [6.45, 7) is 3.63. The normalized spacial score (nSPS) is 25.2. The van der Waals surface area contributed by atoms with Crippen LogP contribution in [0, 0.1) is 11.8 Å². The molecule has 0 amide bonds. The SMILES string of the molecule is CCCCC1CC(=O)CC1CC(=O)OC(C)CO. The van der Waals surface area contributed by atoms with E-state index in [1.54, 1.807) is 6.92 Å². The van der Waals surface area contributed by atoms with Crippen LogP contribution in [0.15, 0.2) is 0 Å². The largest absolute Gasteiger partial charge is 0.460 e. The zero-order valence-electron chi connectivity index (χ0n) is 11.4. The van der Waals surface area contributed by atoms with Crippen molar-refractivity contribution in [3.8, 4) is 0 Å². The van der Waals surface area contributed by atoms with Gasteiger partial charge in [0.15, 0.2) is 0 Å². The molecule has 1 saturated carbocycles. The number of carbonyl (C=O) groups is 2. The molecule has 1 N–H and O–H groups in total. The van der Waals surface area contributed by atoms with E-state index in [2.05, 4.69) is 6.92 Å². The van der Waals surface area contributed by atoms with Gasteiger partial charge < -0.3 is 9.84 Å². The number of unbranched alkanes of at least 4 members (excludes halogenated alkanes) is 1. The average Bonchev–Trinajstić information content (AvgIpc) is 2.66. The quantitative estimate of drug-likeness (QED) is 0.708. The van der Waals surface area contributed by atoms with Crippen LogP contribution in [0.1, 0.15) is 52.4 Å². The Morgan fingerprint density at radius 1 is 1.44 bits per heavy atom. The molecule has 0 bridgehead atoms. The van der Waals surface area contributed by atoms with Crippen molar-refractivity contribution in [2.24, 2.45) is 11.8 Å². The van der Waals surface area contributed by atoms with Crippen molar-refractivity contribution < 1.29 is 19.4 Å². The minimum atomic E-state index is -0.455. The van der Waals surface area contributed by atoms with Crippen LogP contribution in [0.5, 0.6) is 0 Å². The number of ether oxygens (including phenoxy) is 1. The molecule has 104 valence electrons. The fraction of sp³-hybridized carbons (Fsp3) is 0.857. The lowest BCUT2D eigenvalue weighted by Crippen LogP contribution is -2.21. The number of hydrogen-bond acceptors (Lipinski definition) is 4. The van der Waals surface area contributed by atoms with Crippen LogP contribution in [0.25, 0.3) is 0 Å². The first-order valence-electron chi connectivity index (χ1n) is 6.88. The molecule has 0 heterocycles. The van der Waals surface area contributed by atoms with Gasteiger partial charge in [-0.25, -0.2) is 0 Å². The second-order valence-electron chi connectivity index (χ2n) is 5.30.